The smallest absolute Gasteiger partial charge is 0.289 e. The number of nitriles is 1. The van der Waals surface area contributed by atoms with Crippen LogP contribution in [-0.2, 0) is 4.74 Å². The highest BCUT2D eigenvalue weighted by molar-refractivity contribution is 6.30. The molecular formula is C19H21ClN4O2. The molecule has 3 rings (SSSR count). The Morgan fingerprint density at radius 2 is 2.00 bits per heavy atom. The van der Waals surface area contributed by atoms with E-state index < -0.39 is 0 Å². The van der Waals surface area contributed by atoms with E-state index in [-0.39, 0.29) is 35.7 Å². The van der Waals surface area contributed by atoms with E-state index in [1.807, 2.05) is 13.0 Å². The molecule has 1 heterocycles. The quantitative estimate of drug-likeness (QED) is 0.875. The molecule has 0 spiro atoms. The normalized spacial score (nSPS) is 28.3. The van der Waals surface area contributed by atoms with Crippen LogP contribution in [0.1, 0.15) is 43.2 Å². The lowest BCUT2D eigenvalue weighted by Gasteiger charge is -2.31. The number of hydrogen-bond acceptors (Lipinski definition) is 5. The third-order valence-electron chi connectivity index (χ3n) is 4.75. The predicted molar refractivity (Wildman–Crippen MR) is 96.9 cm³/mol. The van der Waals surface area contributed by atoms with Gasteiger partial charge >= 0.3 is 0 Å². The number of nitrogens with one attached hydrogen (secondary N) is 1. The van der Waals surface area contributed by atoms with Crippen LogP contribution < -0.4 is 5.32 Å². The Bertz CT molecular complexity index is 749. The third kappa shape index (κ3) is 4.41. The van der Waals surface area contributed by atoms with Crippen molar-refractivity contribution in [2.24, 2.45) is 11.8 Å². The summed E-state index contributed by atoms with van der Waals surface area (Å²) in [6.45, 7) is 1.96. The minimum absolute atomic E-state index is 0.0361. The summed E-state index contributed by atoms with van der Waals surface area (Å²) in [6, 6.07) is 4.00. The van der Waals surface area contributed by atoms with E-state index in [1.54, 1.807) is 24.5 Å². The van der Waals surface area contributed by atoms with E-state index in [0.29, 0.717) is 5.03 Å². The fourth-order valence-electron chi connectivity index (χ4n) is 3.32. The van der Waals surface area contributed by atoms with Crippen molar-refractivity contribution >= 4 is 17.5 Å². The van der Waals surface area contributed by atoms with E-state index >= 15 is 0 Å². The predicted octanol–water partition coefficient (Wildman–Crippen LogP) is 3.33. The van der Waals surface area contributed by atoms with Crippen LogP contribution in [0.3, 0.4) is 0 Å². The van der Waals surface area contributed by atoms with Gasteiger partial charge in [0.1, 0.15) is 5.76 Å². The molecule has 1 fully saturated rings. The standard InChI is InChI=1S/C19H21ClN4O2/c1-12-9-15(10-17(20)16(12)11-21)26-14-5-3-13(4-6-14)24-19(25)18-22-7-2-8-23-18/h2,7-10,12-14,16H,3-6H2,1H3,(H,24,25). The first-order valence-electron chi connectivity index (χ1n) is 8.80. The zero-order chi connectivity index (χ0) is 18.5. The molecule has 1 amide bonds. The molecule has 0 bridgehead atoms. The number of carbonyl (C=O) groups is 1. The summed E-state index contributed by atoms with van der Waals surface area (Å²) in [7, 11) is 0. The molecule has 0 radical (unpaired) electrons. The minimum atomic E-state index is -0.296. The number of amides is 1. The number of carbonyl (C=O) groups excluding carboxylic acids is 1. The maximum absolute atomic E-state index is 12.1. The molecular weight excluding hydrogens is 352 g/mol. The lowest BCUT2D eigenvalue weighted by Crippen LogP contribution is -2.39. The molecule has 2 atom stereocenters. The Balaban J connectivity index is 1.49. The van der Waals surface area contributed by atoms with Gasteiger partial charge in [0.05, 0.1) is 18.1 Å². The van der Waals surface area contributed by atoms with Crippen molar-refractivity contribution in [3.8, 4) is 6.07 Å². The van der Waals surface area contributed by atoms with Crippen LogP contribution in [0.2, 0.25) is 0 Å². The van der Waals surface area contributed by atoms with E-state index in [9.17, 15) is 4.79 Å². The van der Waals surface area contributed by atoms with E-state index in [1.165, 1.54) is 0 Å². The van der Waals surface area contributed by atoms with Gasteiger partial charge in [0, 0.05) is 23.5 Å². The van der Waals surface area contributed by atoms with Crippen molar-refractivity contribution in [2.45, 2.75) is 44.8 Å². The van der Waals surface area contributed by atoms with Crippen LogP contribution >= 0.6 is 11.6 Å². The highest BCUT2D eigenvalue weighted by Crippen LogP contribution is 2.33. The van der Waals surface area contributed by atoms with E-state index in [2.05, 4.69) is 21.4 Å². The van der Waals surface area contributed by atoms with Gasteiger partial charge in [-0.05, 0) is 49.8 Å². The third-order valence-corrected chi connectivity index (χ3v) is 5.09. The topological polar surface area (TPSA) is 87.9 Å². The Morgan fingerprint density at radius 1 is 1.31 bits per heavy atom. The van der Waals surface area contributed by atoms with E-state index in [4.69, 9.17) is 21.6 Å². The maximum Gasteiger partial charge on any atom is 0.289 e. The molecule has 1 aromatic rings. The summed E-state index contributed by atoms with van der Waals surface area (Å²) in [5.74, 6) is 0.429. The average Bonchev–Trinajstić information content (AvgIpc) is 2.64. The molecule has 1 saturated carbocycles. The molecule has 1 N–H and O–H groups in total. The molecule has 1 aromatic heterocycles. The molecule has 2 aliphatic rings. The molecule has 0 aliphatic heterocycles. The van der Waals surface area contributed by atoms with Crippen LogP contribution in [0.25, 0.3) is 0 Å². The van der Waals surface area contributed by atoms with E-state index in [0.717, 1.165) is 31.4 Å². The first kappa shape index (κ1) is 18.4. The van der Waals surface area contributed by atoms with Gasteiger partial charge in [0.2, 0.25) is 5.82 Å². The zero-order valence-electron chi connectivity index (χ0n) is 14.6. The second-order valence-electron chi connectivity index (χ2n) is 6.70. The number of ether oxygens (including phenoxy) is 1. The lowest BCUT2D eigenvalue weighted by molar-refractivity contribution is 0.0718. The fourth-order valence-corrected chi connectivity index (χ4v) is 3.67. The Kier molecular flexibility index (Phi) is 5.89. The molecule has 2 unspecified atom stereocenters. The van der Waals surface area contributed by atoms with Gasteiger partial charge in [-0.25, -0.2) is 9.97 Å². The lowest BCUT2D eigenvalue weighted by atomic mass is 9.90. The Labute approximate surface area is 157 Å². The number of hydrogen-bond donors (Lipinski definition) is 1. The summed E-state index contributed by atoms with van der Waals surface area (Å²) in [5.41, 5.74) is 0. The number of nitrogens with zero attached hydrogens (tertiary/aromatic N) is 3. The number of halogens is 1. The highest BCUT2D eigenvalue weighted by atomic mass is 35.5. The number of aromatic nitrogens is 2. The first-order chi connectivity index (χ1) is 12.6. The Hall–Kier alpha value is -2.39. The molecule has 0 saturated heterocycles. The highest BCUT2D eigenvalue weighted by Gasteiger charge is 2.28. The van der Waals surface area contributed by atoms with Crippen molar-refractivity contribution in [3.63, 3.8) is 0 Å². The van der Waals surface area contributed by atoms with Crippen LogP contribution in [0.4, 0.5) is 0 Å². The first-order valence-corrected chi connectivity index (χ1v) is 9.17. The summed E-state index contributed by atoms with van der Waals surface area (Å²) < 4.78 is 6.06. The summed E-state index contributed by atoms with van der Waals surface area (Å²) >= 11 is 6.19. The molecule has 2 aliphatic carbocycles. The Morgan fingerprint density at radius 3 is 2.62 bits per heavy atom. The van der Waals surface area contributed by atoms with Gasteiger partial charge in [0.15, 0.2) is 0 Å². The largest absolute Gasteiger partial charge is 0.491 e. The second-order valence-corrected chi connectivity index (χ2v) is 7.14. The van der Waals surface area contributed by atoms with Crippen LogP contribution in [0, 0.1) is 23.2 Å². The minimum Gasteiger partial charge on any atom is -0.491 e. The number of allylic oxidation sites excluding steroid dienone is 3. The van der Waals surface area contributed by atoms with Crippen molar-refractivity contribution in [1.29, 1.82) is 5.26 Å². The van der Waals surface area contributed by atoms with Crippen molar-refractivity contribution in [3.05, 3.63) is 47.2 Å². The summed E-state index contributed by atoms with van der Waals surface area (Å²) in [4.78, 5) is 20.1. The maximum atomic E-state index is 12.1. The second kappa shape index (κ2) is 8.33. The monoisotopic (exact) mass is 372 g/mol. The van der Waals surface area contributed by atoms with Gasteiger partial charge in [-0.15, -0.1) is 0 Å². The van der Waals surface area contributed by atoms with Crippen LogP contribution in [0.5, 0.6) is 0 Å². The molecule has 0 aromatic carbocycles. The van der Waals surface area contributed by atoms with Gasteiger partial charge in [-0.1, -0.05) is 18.5 Å². The average molecular weight is 373 g/mol. The van der Waals surface area contributed by atoms with Crippen molar-refractivity contribution in [1.82, 2.24) is 15.3 Å². The van der Waals surface area contributed by atoms with Gasteiger partial charge < -0.3 is 10.1 Å². The molecule has 26 heavy (non-hydrogen) atoms. The van der Waals surface area contributed by atoms with Gasteiger partial charge in [-0.3, -0.25) is 4.79 Å². The van der Waals surface area contributed by atoms with Gasteiger partial charge in [-0.2, -0.15) is 5.26 Å². The molecule has 6 nitrogen and oxygen atoms in total. The fraction of sp³-hybridized carbons (Fsp3) is 0.474. The summed E-state index contributed by atoms with van der Waals surface area (Å²) in [5, 5.41) is 12.6. The number of rotatable bonds is 4. The van der Waals surface area contributed by atoms with Crippen LogP contribution in [-0.4, -0.2) is 28.0 Å². The molecule has 136 valence electrons. The SMILES string of the molecule is CC1C=C(OC2CCC(NC(=O)c3ncccn3)CC2)C=C(Cl)C1C#N. The zero-order valence-corrected chi connectivity index (χ0v) is 15.3. The molecule has 7 heteroatoms. The van der Waals surface area contributed by atoms with Crippen LogP contribution in [0.15, 0.2) is 41.4 Å². The summed E-state index contributed by atoms with van der Waals surface area (Å²) in [6.07, 6.45) is 10.3. The van der Waals surface area contributed by atoms with Crippen molar-refractivity contribution < 1.29 is 9.53 Å². The van der Waals surface area contributed by atoms with Gasteiger partial charge in [0.25, 0.3) is 5.91 Å². The van der Waals surface area contributed by atoms with Crippen molar-refractivity contribution in [2.75, 3.05) is 0 Å².